The summed E-state index contributed by atoms with van der Waals surface area (Å²) >= 11 is 0. The average Bonchev–Trinajstić information content (AvgIpc) is 3.31. The second-order valence-corrected chi connectivity index (χ2v) is 12.8. The van der Waals surface area contributed by atoms with Crippen molar-refractivity contribution >= 4 is 0 Å². The fourth-order valence-corrected chi connectivity index (χ4v) is 6.47. The summed E-state index contributed by atoms with van der Waals surface area (Å²) in [5, 5.41) is 0. The third-order valence-electron chi connectivity index (χ3n) is 9.22. The van der Waals surface area contributed by atoms with E-state index in [0.29, 0.717) is 23.2 Å². The van der Waals surface area contributed by atoms with Crippen molar-refractivity contribution < 1.29 is 6.85 Å². The molecule has 0 N–H and O–H groups in total. The quantitative estimate of drug-likeness (QED) is 0.159. The van der Waals surface area contributed by atoms with Crippen LogP contribution in [0.3, 0.4) is 0 Å². The van der Waals surface area contributed by atoms with Crippen molar-refractivity contribution in [1.29, 1.82) is 0 Å². The summed E-state index contributed by atoms with van der Waals surface area (Å²) < 4.78 is 42.5. The van der Waals surface area contributed by atoms with Crippen LogP contribution in [0.2, 0.25) is 0 Å². The Kier molecular flexibility index (Phi) is 7.47. The maximum atomic E-state index is 8.78. The second-order valence-electron chi connectivity index (χ2n) is 12.8. The topological polar surface area (TPSA) is 51.6 Å². The molecule has 54 heavy (non-hydrogen) atoms. The molecular formula is C50H34N4. The zero-order valence-corrected chi connectivity index (χ0v) is 29.0. The fraction of sp³-hybridized carbons (Fsp3) is 0. The van der Waals surface area contributed by atoms with Crippen LogP contribution in [0.25, 0.3) is 90.1 Å². The minimum Gasteiger partial charge on any atom is -0.248 e. The van der Waals surface area contributed by atoms with Gasteiger partial charge < -0.3 is 0 Å². The molecule has 0 bridgehead atoms. The van der Waals surface area contributed by atoms with Crippen molar-refractivity contribution in [2.75, 3.05) is 0 Å². The molecule has 4 nitrogen and oxygen atoms in total. The Morgan fingerprint density at radius 1 is 0.259 bits per heavy atom. The van der Waals surface area contributed by atoms with Crippen molar-refractivity contribution in [2.24, 2.45) is 0 Å². The summed E-state index contributed by atoms with van der Waals surface area (Å²) in [7, 11) is 0. The van der Waals surface area contributed by atoms with Gasteiger partial charge in [0, 0.05) is 27.8 Å². The van der Waals surface area contributed by atoms with Crippen molar-refractivity contribution in [3.63, 3.8) is 0 Å². The number of benzene rings is 7. The van der Waals surface area contributed by atoms with E-state index in [2.05, 4.69) is 24.3 Å². The lowest BCUT2D eigenvalue weighted by Crippen LogP contribution is -2.00. The minimum absolute atomic E-state index is 0.0472. The van der Waals surface area contributed by atoms with Crippen molar-refractivity contribution in [1.82, 2.24) is 19.9 Å². The molecule has 0 aliphatic rings. The molecule has 4 heteroatoms. The minimum atomic E-state index is -0.448. The van der Waals surface area contributed by atoms with Gasteiger partial charge in [-0.1, -0.05) is 182 Å². The Morgan fingerprint density at radius 2 is 0.648 bits per heavy atom. The number of aromatic nitrogens is 4. The van der Waals surface area contributed by atoms with Crippen LogP contribution in [0.15, 0.2) is 206 Å². The van der Waals surface area contributed by atoms with Crippen LogP contribution in [0.1, 0.15) is 6.85 Å². The first kappa shape index (κ1) is 27.4. The predicted octanol–water partition coefficient (Wildman–Crippen LogP) is 12.6. The summed E-state index contributed by atoms with van der Waals surface area (Å²) in [6.07, 6.45) is 0. The van der Waals surface area contributed by atoms with E-state index in [1.54, 1.807) is 6.07 Å². The average molecular weight is 696 g/mol. The van der Waals surface area contributed by atoms with Gasteiger partial charge in [-0.15, -0.1) is 0 Å². The highest BCUT2D eigenvalue weighted by atomic mass is 15.0. The SMILES string of the molecule is [2H]c1c([2H])c([2H])c(-c2cc(-c3cccc(-c4cccc(-c5nc(-c6ccccc6)nc(-c6ccccc6)n5)c4)c3)cc(-c3ccc(-c4ccccc4)cc3)n2)c([2H])c1[2H]. The number of hydrogen-bond acceptors (Lipinski definition) is 4. The van der Waals surface area contributed by atoms with E-state index >= 15 is 0 Å². The van der Waals surface area contributed by atoms with E-state index in [-0.39, 0.29) is 23.3 Å². The molecular weight excluding hydrogens is 657 g/mol. The molecule has 254 valence electrons. The highest BCUT2D eigenvalue weighted by molar-refractivity contribution is 5.81. The van der Waals surface area contributed by atoms with Gasteiger partial charge in [-0.25, -0.2) is 19.9 Å². The molecule has 0 saturated heterocycles. The van der Waals surface area contributed by atoms with Gasteiger partial charge in [-0.3, -0.25) is 0 Å². The lowest BCUT2D eigenvalue weighted by atomic mass is 9.95. The van der Waals surface area contributed by atoms with E-state index in [0.717, 1.165) is 55.6 Å². The van der Waals surface area contributed by atoms with E-state index in [1.165, 1.54) is 0 Å². The first-order chi connectivity index (χ1) is 28.8. The summed E-state index contributed by atoms with van der Waals surface area (Å²) in [4.78, 5) is 19.6. The van der Waals surface area contributed by atoms with Crippen molar-refractivity contribution in [3.8, 4) is 90.1 Å². The normalized spacial score (nSPS) is 12.3. The summed E-state index contributed by atoms with van der Waals surface area (Å²) in [5.74, 6) is 1.72. The maximum Gasteiger partial charge on any atom is 0.164 e. The van der Waals surface area contributed by atoms with E-state index in [9.17, 15) is 0 Å². The van der Waals surface area contributed by atoms with Crippen LogP contribution < -0.4 is 0 Å². The first-order valence-electron chi connectivity index (χ1n) is 20.1. The van der Waals surface area contributed by atoms with Crippen LogP contribution in [-0.4, -0.2) is 19.9 Å². The molecule has 0 aliphatic heterocycles. The molecule has 9 rings (SSSR count). The Labute approximate surface area is 322 Å². The molecule has 9 aromatic rings. The molecule has 0 unspecified atom stereocenters. The molecule has 0 aliphatic carbocycles. The van der Waals surface area contributed by atoms with Gasteiger partial charge in [0.25, 0.3) is 0 Å². The van der Waals surface area contributed by atoms with Gasteiger partial charge in [0.2, 0.25) is 0 Å². The van der Waals surface area contributed by atoms with Crippen molar-refractivity contribution in [3.05, 3.63) is 206 Å². The van der Waals surface area contributed by atoms with Gasteiger partial charge in [0.1, 0.15) is 0 Å². The molecule has 0 saturated carbocycles. The molecule has 2 heterocycles. The molecule has 0 fully saturated rings. The molecule has 0 radical (unpaired) electrons. The highest BCUT2D eigenvalue weighted by Crippen LogP contribution is 2.34. The number of pyridine rings is 1. The standard InChI is InChI=1S/C50H34N4/c1-5-15-35(16-6-1)36-27-29-38(30-28-36)47-34-45(33-46(51-47)37-17-7-2-8-18-37)43-25-13-23-41(31-43)42-24-14-26-44(32-42)50-53-48(39-19-9-3-10-20-39)52-49(54-50)40-21-11-4-12-22-40/h1-34H/i2D,7D,8D,17D,18D. The van der Waals surface area contributed by atoms with Crippen LogP contribution in [-0.2, 0) is 0 Å². The molecule has 7 aromatic carbocycles. The van der Waals surface area contributed by atoms with Gasteiger partial charge in [-0.2, -0.15) is 0 Å². The Morgan fingerprint density at radius 3 is 1.20 bits per heavy atom. The van der Waals surface area contributed by atoms with Crippen LogP contribution in [0.4, 0.5) is 0 Å². The first-order valence-corrected chi connectivity index (χ1v) is 17.6. The predicted molar refractivity (Wildman–Crippen MR) is 221 cm³/mol. The Bertz CT molecular complexity index is 2890. The number of nitrogens with zero attached hydrogens (tertiary/aromatic N) is 4. The lowest BCUT2D eigenvalue weighted by molar-refractivity contribution is 1.07. The molecule has 0 spiro atoms. The van der Waals surface area contributed by atoms with Crippen LogP contribution in [0, 0.1) is 0 Å². The van der Waals surface area contributed by atoms with E-state index in [1.807, 2.05) is 146 Å². The molecule has 0 atom stereocenters. The summed E-state index contributed by atoms with van der Waals surface area (Å²) in [6.45, 7) is 0. The summed E-state index contributed by atoms with van der Waals surface area (Å²) in [5.41, 5.74) is 10.1. The number of hydrogen-bond donors (Lipinski definition) is 0. The van der Waals surface area contributed by atoms with E-state index < -0.39 is 18.1 Å². The summed E-state index contributed by atoms with van der Waals surface area (Å²) in [6, 6.07) is 56.0. The Hall–Kier alpha value is -7.30. The third-order valence-corrected chi connectivity index (χ3v) is 9.22. The largest absolute Gasteiger partial charge is 0.248 e. The Balaban J connectivity index is 1.15. The van der Waals surface area contributed by atoms with Gasteiger partial charge in [0.05, 0.1) is 18.2 Å². The second kappa shape index (κ2) is 14.7. The lowest BCUT2D eigenvalue weighted by Gasteiger charge is -2.13. The smallest absolute Gasteiger partial charge is 0.164 e. The molecule has 2 aromatic heterocycles. The van der Waals surface area contributed by atoms with Crippen LogP contribution in [0.5, 0.6) is 0 Å². The monoisotopic (exact) mass is 695 g/mol. The van der Waals surface area contributed by atoms with Gasteiger partial charge >= 0.3 is 0 Å². The highest BCUT2D eigenvalue weighted by Gasteiger charge is 2.14. The van der Waals surface area contributed by atoms with Crippen molar-refractivity contribution in [2.45, 2.75) is 0 Å². The fourth-order valence-electron chi connectivity index (χ4n) is 6.47. The zero-order valence-electron chi connectivity index (χ0n) is 34.0. The van der Waals surface area contributed by atoms with E-state index in [4.69, 9.17) is 26.8 Å². The maximum absolute atomic E-state index is 8.78. The molecule has 0 amide bonds. The number of rotatable bonds is 8. The van der Waals surface area contributed by atoms with Crippen LogP contribution >= 0.6 is 0 Å². The third kappa shape index (κ3) is 6.97. The van der Waals surface area contributed by atoms with Gasteiger partial charge in [0.15, 0.2) is 17.5 Å². The van der Waals surface area contributed by atoms with Gasteiger partial charge in [-0.05, 0) is 57.6 Å². The zero-order chi connectivity index (χ0) is 40.5.